The van der Waals surface area contributed by atoms with Crippen LogP contribution in [0, 0.1) is 0 Å². The lowest BCUT2D eigenvalue weighted by Gasteiger charge is -2.16. The maximum absolute atomic E-state index is 12.8. The summed E-state index contributed by atoms with van der Waals surface area (Å²) in [7, 11) is 0. The number of benzene rings is 2. The molecule has 1 heterocycles. The van der Waals surface area contributed by atoms with Crippen LogP contribution in [-0.4, -0.2) is 43.0 Å². The van der Waals surface area contributed by atoms with Gasteiger partial charge >= 0.3 is 5.97 Å². The zero-order valence-corrected chi connectivity index (χ0v) is 21.0. The highest BCUT2D eigenvalue weighted by Crippen LogP contribution is 2.34. The third-order valence-electron chi connectivity index (χ3n) is 5.91. The molecule has 0 saturated carbocycles. The Morgan fingerprint density at radius 3 is 2.75 bits per heavy atom. The molecule has 1 unspecified atom stereocenters. The Kier molecular flexibility index (Phi) is 8.89. The van der Waals surface area contributed by atoms with Crippen LogP contribution < -0.4 is 20.1 Å². The summed E-state index contributed by atoms with van der Waals surface area (Å²) < 4.78 is 16.0. The average Bonchev–Trinajstić information content (AvgIpc) is 3.36. The number of carbonyl (C=O) groups is 3. The number of ether oxygens (including phenoxy) is 3. The predicted octanol–water partition coefficient (Wildman–Crippen LogP) is 4.70. The third-order valence-corrected chi connectivity index (χ3v) is 6.98. The molecule has 0 radical (unpaired) electrons. The molecule has 2 N–H and O–H groups in total. The Bertz CT molecular complexity index is 1150. The van der Waals surface area contributed by atoms with Gasteiger partial charge in [-0.1, -0.05) is 23.8 Å². The maximum Gasteiger partial charge on any atom is 0.340 e. The van der Waals surface area contributed by atoms with Crippen LogP contribution in [-0.2, 0) is 14.3 Å². The lowest BCUT2D eigenvalue weighted by molar-refractivity contribution is -0.129. The van der Waals surface area contributed by atoms with Crippen LogP contribution in [0.3, 0.4) is 0 Å². The van der Waals surface area contributed by atoms with E-state index >= 15 is 0 Å². The van der Waals surface area contributed by atoms with Gasteiger partial charge in [0.1, 0.15) is 0 Å². The van der Waals surface area contributed by atoms with E-state index in [1.165, 1.54) is 30.2 Å². The largest absolute Gasteiger partial charge is 0.454 e. The summed E-state index contributed by atoms with van der Waals surface area (Å²) in [6.45, 7) is 2.24. The summed E-state index contributed by atoms with van der Waals surface area (Å²) in [5.74, 6) is 0.143. The molecule has 0 spiro atoms. The zero-order valence-electron chi connectivity index (χ0n) is 20.2. The van der Waals surface area contributed by atoms with Gasteiger partial charge in [-0.2, -0.15) is 0 Å². The average molecular weight is 511 g/mol. The van der Waals surface area contributed by atoms with E-state index in [-0.39, 0.29) is 24.4 Å². The van der Waals surface area contributed by atoms with Crippen LogP contribution >= 0.6 is 11.8 Å². The monoisotopic (exact) mass is 510 g/mol. The molecule has 190 valence electrons. The lowest BCUT2D eigenvalue weighted by atomic mass is 9.97. The first-order chi connectivity index (χ1) is 17.5. The van der Waals surface area contributed by atoms with Crippen LogP contribution in [0.4, 0.5) is 5.69 Å². The number of thioether (sulfide) groups is 1. The first kappa shape index (κ1) is 25.6. The van der Waals surface area contributed by atoms with Gasteiger partial charge in [-0.3, -0.25) is 9.59 Å². The highest BCUT2D eigenvalue weighted by molar-refractivity contribution is 8.00. The normalized spacial score (nSPS) is 15.0. The van der Waals surface area contributed by atoms with Crippen molar-refractivity contribution in [2.45, 2.75) is 50.0 Å². The molecule has 1 aliphatic carbocycles. The van der Waals surface area contributed by atoms with Crippen LogP contribution in [0.25, 0.3) is 0 Å². The smallest absolute Gasteiger partial charge is 0.340 e. The Hall–Kier alpha value is -3.46. The van der Waals surface area contributed by atoms with E-state index in [0.717, 1.165) is 19.3 Å². The van der Waals surface area contributed by atoms with Gasteiger partial charge in [0.05, 0.1) is 11.3 Å². The van der Waals surface area contributed by atoms with Crippen molar-refractivity contribution < 1.29 is 28.6 Å². The van der Waals surface area contributed by atoms with Gasteiger partial charge in [0.15, 0.2) is 17.6 Å². The summed E-state index contributed by atoms with van der Waals surface area (Å²) in [5, 5.41) is 5.66. The van der Waals surface area contributed by atoms with Gasteiger partial charge in [0.2, 0.25) is 12.7 Å². The third kappa shape index (κ3) is 7.04. The van der Waals surface area contributed by atoms with Crippen LogP contribution in [0.1, 0.15) is 49.4 Å². The minimum atomic E-state index is -0.926. The van der Waals surface area contributed by atoms with Crippen molar-refractivity contribution in [3.8, 4) is 11.5 Å². The molecule has 36 heavy (non-hydrogen) atoms. The van der Waals surface area contributed by atoms with Crippen molar-refractivity contribution in [1.82, 2.24) is 5.32 Å². The molecule has 2 aromatic carbocycles. The Labute approximate surface area is 214 Å². The number of hydrogen-bond acceptors (Lipinski definition) is 7. The van der Waals surface area contributed by atoms with Crippen LogP contribution in [0.5, 0.6) is 11.5 Å². The quantitative estimate of drug-likeness (QED) is 0.271. The van der Waals surface area contributed by atoms with Gasteiger partial charge in [-0.05, 0) is 63.3 Å². The van der Waals surface area contributed by atoms with Crippen molar-refractivity contribution in [2.24, 2.45) is 0 Å². The van der Waals surface area contributed by atoms with Crippen molar-refractivity contribution in [3.63, 3.8) is 0 Å². The highest BCUT2D eigenvalue weighted by Gasteiger charge is 2.21. The number of anilines is 1. The van der Waals surface area contributed by atoms with E-state index in [9.17, 15) is 14.4 Å². The molecule has 0 saturated heterocycles. The fourth-order valence-electron chi connectivity index (χ4n) is 3.98. The molecular weight excluding hydrogens is 480 g/mol. The van der Waals surface area contributed by atoms with Crippen molar-refractivity contribution >= 4 is 35.2 Å². The second-order valence-electron chi connectivity index (χ2n) is 8.60. The molecule has 2 aromatic rings. The first-order valence-electron chi connectivity index (χ1n) is 12.1. The number of amides is 2. The summed E-state index contributed by atoms with van der Waals surface area (Å²) in [4.78, 5) is 38.3. The Morgan fingerprint density at radius 1 is 1.08 bits per heavy atom. The SMILES string of the molecule is CC(OC(=O)c1ccccc1SCC(=O)Nc1ccc2c(c1)OCO2)C(=O)NCCC1=CCCCC1. The minimum Gasteiger partial charge on any atom is -0.454 e. The Morgan fingerprint density at radius 2 is 1.92 bits per heavy atom. The number of hydrogen-bond donors (Lipinski definition) is 2. The predicted molar refractivity (Wildman–Crippen MR) is 137 cm³/mol. The molecular formula is C27H30N2O6S. The summed E-state index contributed by atoms with van der Waals surface area (Å²) in [5.41, 5.74) is 2.28. The Balaban J connectivity index is 1.26. The first-order valence-corrected chi connectivity index (χ1v) is 13.1. The standard InChI is InChI=1S/C27H30N2O6S/c1-18(26(31)28-14-13-19-7-3-2-4-8-19)35-27(32)21-9-5-6-10-24(21)36-16-25(30)29-20-11-12-22-23(15-20)34-17-33-22/h5-7,9-12,15,18H,2-4,8,13-14,16-17H2,1H3,(H,28,31)(H,29,30). The van der Waals surface area contributed by atoms with E-state index in [1.54, 1.807) is 49.4 Å². The van der Waals surface area contributed by atoms with Gasteiger partial charge in [0.25, 0.3) is 5.91 Å². The van der Waals surface area contributed by atoms with Gasteiger partial charge < -0.3 is 24.8 Å². The number of nitrogens with one attached hydrogen (secondary N) is 2. The second-order valence-corrected chi connectivity index (χ2v) is 9.61. The van der Waals surface area contributed by atoms with E-state index < -0.39 is 12.1 Å². The molecule has 1 aliphatic heterocycles. The van der Waals surface area contributed by atoms with E-state index in [0.29, 0.717) is 34.2 Å². The number of allylic oxidation sites excluding steroid dienone is 1. The topological polar surface area (TPSA) is 103 Å². The zero-order chi connectivity index (χ0) is 25.3. The van der Waals surface area contributed by atoms with Crippen molar-refractivity contribution in [2.75, 3.05) is 24.4 Å². The molecule has 9 heteroatoms. The summed E-state index contributed by atoms with van der Waals surface area (Å²) in [6, 6.07) is 12.1. The van der Waals surface area contributed by atoms with Crippen LogP contribution in [0.15, 0.2) is 59.0 Å². The number of rotatable bonds is 10. The van der Waals surface area contributed by atoms with E-state index in [1.807, 2.05) is 0 Å². The molecule has 4 rings (SSSR count). The van der Waals surface area contributed by atoms with E-state index in [4.69, 9.17) is 14.2 Å². The van der Waals surface area contributed by atoms with Gasteiger partial charge in [-0.25, -0.2) is 4.79 Å². The minimum absolute atomic E-state index is 0.0879. The van der Waals surface area contributed by atoms with E-state index in [2.05, 4.69) is 16.7 Å². The molecule has 0 fully saturated rings. The molecule has 8 nitrogen and oxygen atoms in total. The molecule has 0 bridgehead atoms. The molecule has 2 amide bonds. The summed E-state index contributed by atoms with van der Waals surface area (Å²) >= 11 is 1.22. The lowest BCUT2D eigenvalue weighted by Crippen LogP contribution is -2.36. The molecule has 0 aromatic heterocycles. The highest BCUT2D eigenvalue weighted by atomic mass is 32.2. The second kappa shape index (κ2) is 12.5. The fourth-order valence-corrected chi connectivity index (χ4v) is 4.82. The molecule has 2 aliphatic rings. The van der Waals surface area contributed by atoms with Crippen LogP contribution in [0.2, 0.25) is 0 Å². The number of carbonyl (C=O) groups excluding carboxylic acids is 3. The van der Waals surface area contributed by atoms with Crippen molar-refractivity contribution in [1.29, 1.82) is 0 Å². The van der Waals surface area contributed by atoms with Gasteiger partial charge in [-0.15, -0.1) is 11.8 Å². The fraction of sp³-hybridized carbons (Fsp3) is 0.370. The maximum atomic E-state index is 12.8. The number of fused-ring (bicyclic) bond motifs is 1. The van der Waals surface area contributed by atoms with Crippen molar-refractivity contribution in [3.05, 3.63) is 59.7 Å². The molecule has 1 atom stereocenters. The number of esters is 1. The van der Waals surface area contributed by atoms with Gasteiger partial charge in [0, 0.05) is 23.2 Å². The summed E-state index contributed by atoms with van der Waals surface area (Å²) in [6.07, 6.45) is 6.77.